The lowest BCUT2D eigenvalue weighted by Gasteiger charge is -2.08. The van der Waals surface area contributed by atoms with Crippen molar-refractivity contribution in [3.8, 4) is 0 Å². The second-order valence-electron chi connectivity index (χ2n) is 3.65. The highest BCUT2D eigenvalue weighted by atomic mass is 79.9. The van der Waals surface area contributed by atoms with Crippen LogP contribution < -0.4 is 11.1 Å². The molecule has 0 aliphatic heterocycles. The fourth-order valence-corrected chi connectivity index (χ4v) is 2.48. The summed E-state index contributed by atoms with van der Waals surface area (Å²) in [5.41, 5.74) is 5.83. The lowest BCUT2D eigenvalue weighted by atomic mass is 10.2. The van der Waals surface area contributed by atoms with Crippen molar-refractivity contribution in [2.24, 2.45) is 0 Å². The molecule has 4 nitrogen and oxygen atoms in total. The zero-order chi connectivity index (χ0) is 14.0. The van der Waals surface area contributed by atoms with E-state index in [4.69, 9.17) is 5.73 Å². The predicted octanol–water partition coefficient (Wildman–Crippen LogP) is 2.95. The Morgan fingerprint density at radius 2 is 2.21 bits per heavy atom. The molecule has 2 aromatic rings. The molecule has 2 rings (SSSR count). The van der Waals surface area contributed by atoms with Crippen molar-refractivity contribution in [1.29, 1.82) is 0 Å². The van der Waals surface area contributed by atoms with E-state index in [1.165, 1.54) is 11.3 Å². The van der Waals surface area contributed by atoms with E-state index in [9.17, 15) is 13.6 Å². The van der Waals surface area contributed by atoms with Crippen LogP contribution in [-0.2, 0) is 11.2 Å². The third-order valence-electron chi connectivity index (χ3n) is 2.18. The van der Waals surface area contributed by atoms with Gasteiger partial charge in [-0.1, -0.05) is 0 Å². The van der Waals surface area contributed by atoms with Gasteiger partial charge in [0.25, 0.3) is 0 Å². The summed E-state index contributed by atoms with van der Waals surface area (Å²) in [4.78, 5) is 15.6. The maximum absolute atomic E-state index is 13.5. The number of nitrogen functional groups attached to an aromatic ring is 1. The van der Waals surface area contributed by atoms with Gasteiger partial charge in [-0.25, -0.2) is 13.8 Å². The molecule has 0 bridgehead atoms. The number of hydrogen-bond donors (Lipinski definition) is 2. The first kappa shape index (κ1) is 13.9. The molecule has 1 amide bonds. The van der Waals surface area contributed by atoms with Gasteiger partial charge in [-0.05, 0) is 22.0 Å². The predicted molar refractivity (Wildman–Crippen MR) is 72.9 cm³/mol. The zero-order valence-electron chi connectivity index (χ0n) is 9.41. The molecule has 8 heteroatoms. The molecule has 1 heterocycles. The molecule has 0 radical (unpaired) electrons. The SMILES string of the molecule is Nc1nc(CC(=O)Nc2c(F)cc(F)cc2Br)cs1. The Morgan fingerprint density at radius 1 is 1.47 bits per heavy atom. The molecule has 0 saturated carbocycles. The number of aromatic nitrogens is 1. The monoisotopic (exact) mass is 347 g/mol. The van der Waals surface area contributed by atoms with Crippen LogP contribution in [0.3, 0.4) is 0 Å². The highest BCUT2D eigenvalue weighted by Gasteiger charge is 2.14. The van der Waals surface area contributed by atoms with Crippen LogP contribution in [0.15, 0.2) is 22.0 Å². The number of benzene rings is 1. The largest absolute Gasteiger partial charge is 0.375 e. The molecule has 1 aromatic heterocycles. The van der Waals surface area contributed by atoms with E-state index in [0.29, 0.717) is 16.9 Å². The van der Waals surface area contributed by atoms with Gasteiger partial charge < -0.3 is 11.1 Å². The first-order valence-corrected chi connectivity index (χ1v) is 6.77. The number of nitrogens with one attached hydrogen (secondary N) is 1. The number of rotatable bonds is 3. The molecular formula is C11H8BrF2N3OS. The zero-order valence-corrected chi connectivity index (χ0v) is 11.8. The average molecular weight is 348 g/mol. The number of hydrogen-bond acceptors (Lipinski definition) is 4. The molecule has 0 saturated heterocycles. The summed E-state index contributed by atoms with van der Waals surface area (Å²) in [6, 6.07) is 1.76. The van der Waals surface area contributed by atoms with E-state index in [0.717, 1.165) is 6.07 Å². The smallest absolute Gasteiger partial charge is 0.230 e. The fraction of sp³-hybridized carbons (Fsp3) is 0.0909. The Bertz CT molecular complexity index is 609. The molecule has 0 atom stereocenters. The Labute approximate surface area is 119 Å². The van der Waals surface area contributed by atoms with Crippen molar-refractivity contribution in [3.05, 3.63) is 39.3 Å². The summed E-state index contributed by atoms with van der Waals surface area (Å²) >= 11 is 4.20. The molecule has 1 aromatic carbocycles. The topological polar surface area (TPSA) is 68.0 Å². The van der Waals surface area contributed by atoms with Crippen LogP contribution in [0.5, 0.6) is 0 Å². The van der Waals surface area contributed by atoms with E-state index in [2.05, 4.69) is 26.2 Å². The molecular weight excluding hydrogens is 340 g/mol. The van der Waals surface area contributed by atoms with Crippen LogP contribution in [0.25, 0.3) is 0 Å². The summed E-state index contributed by atoms with van der Waals surface area (Å²) in [6.45, 7) is 0. The number of nitrogens with zero attached hydrogens (tertiary/aromatic N) is 1. The Morgan fingerprint density at radius 3 is 2.79 bits per heavy atom. The maximum atomic E-state index is 13.5. The van der Waals surface area contributed by atoms with Crippen molar-refractivity contribution in [1.82, 2.24) is 4.98 Å². The third kappa shape index (κ3) is 3.48. The van der Waals surface area contributed by atoms with Crippen LogP contribution in [0.4, 0.5) is 19.6 Å². The molecule has 0 spiro atoms. The van der Waals surface area contributed by atoms with Gasteiger partial charge in [-0.3, -0.25) is 4.79 Å². The van der Waals surface area contributed by atoms with Crippen LogP contribution in [-0.4, -0.2) is 10.9 Å². The number of thiazole rings is 1. The summed E-state index contributed by atoms with van der Waals surface area (Å²) < 4.78 is 26.5. The lowest BCUT2D eigenvalue weighted by Crippen LogP contribution is -2.16. The van der Waals surface area contributed by atoms with Gasteiger partial charge >= 0.3 is 0 Å². The minimum Gasteiger partial charge on any atom is -0.375 e. The maximum Gasteiger partial charge on any atom is 0.230 e. The molecule has 0 aliphatic carbocycles. The van der Waals surface area contributed by atoms with E-state index in [-0.39, 0.29) is 16.6 Å². The molecule has 100 valence electrons. The normalized spacial score (nSPS) is 10.5. The van der Waals surface area contributed by atoms with Crippen molar-refractivity contribution in [3.63, 3.8) is 0 Å². The summed E-state index contributed by atoms with van der Waals surface area (Å²) in [7, 11) is 0. The Kier molecular flexibility index (Phi) is 4.11. The standard InChI is InChI=1S/C11H8BrF2N3OS/c12-7-1-5(13)2-8(14)10(7)17-9(18)3-6-4-19-11(15)16-6/h1-2,4H,3H2,(H2,15,16)(H,17,18). The molecule has 0 fully saturated rings. The summed E-state index contributed by atoms with van der Waals surface area (Å²) in [6.07, 6.45) is -0.0308. The van der Waals surface area contributed by atoms with Crippen LogP contribution >= 0.6 is 27.3 Å². The van der Waals surface area contributed by atoms with Crippen molar-refractivity contribution < 1.29 is 13.6 Å². The van der Waals surface area contributed by atoms with E-state index in [1.807, 2.05) is 0 Å². The Hall–Kier alpha value is -1.54. The number of amides is 1. The van der Waals surface area contributed by atoms with Crippen molar-refractivity contribution in [2.45, 2.75) is 6.42 Å². The molecule has 0 aliphatic rings. The van der Waals surface area contributed by atoms with Gasteiger partial charge in [-0.15, -0.1) is 11.3 Å². The average Bonchev–Trinajstić information content (AvgIpc) is 2.69. The minimum absolute atomic E-state index is 0.0308. The quantitative estimate of drug-likeness (QED) is 0.896. The molecule has 19 heavy (non-hydrogen) atoms. The van der Waals surface area contributed by atoms with Crippen LogP contribution in [0.2, 0.25) is 0 Å². The molecule has 0 unspecified atom stereocenters. The first-order chi connectivity index (χ1) is 8.95. The van der Waals surface area contributed by atoms with Crippen LogP contribution in [0, 0.1) is 11.6 Å². The van der Waals surface area contributed by atoms with Gasteiger partial charge in [0.1, 0.15) is 5.82 Å². The third-order valence-corrected chi connectivity index (χ3v) is 3.53. The number of anilines is 2. The van der Waals surface area contributed by atoms with Gasteiger partial charge in [0, 0.05) is 15.9 Å². The highest BCUT2D eigenvalue weighted by Crippen LogP contribution is 2.27. The first-order valence-electron chi connectivity index (χ1n) is 5.10. The van der Waals surface area contributed by atoms with Crippen LogP contribution in [0.1, 0.15) is 5.69 Å². The molecule has 3 N–H and O–H groups in total. The van der Waals surface area contributed by atoms with Crippen molar-refractivity contribution in [2.75, 3.05) is 11.1 Å². The minimum atomic E-state index is -0.849. The Balaban J connectivity index is 2.11. The van der Waals surface area contributed by atoms with E-state index < -0.39 is 17.5 Å². The number of carbonyl (C=O) groups excluding carboxylic acids is 1. The van der Waals surface area contributed by atoms with Gasteiger partial charge in [-0.2, -0.15) is 0 Å². The van der Waals surface area contributed by atoms with Gasteiger partial charge in [0.15, 0.2) is 10.9 Å². The fourth-order valence-electron chi connectivity index (χ4n) is 1.41. The van der Waals surface area contributed by atoms with E-state index in [1.54, 1.807) is 5.38 Å². The lowest BCUT2D eigenvalue weighted by molar-refractivity contribution is -0.115. The second-order valence-corrected chi connectivity index (χ2v) is 5.39. The van der Waals surface area contributed by atoms with Crippen molar-refractivity contribution >= 4 is 44.0 Å². The second kappa shape index (κ2) is 5.62. The van der Waals surface area contributed by atoms with E-state index >= 15 is 0 Å². The van der Waals surface area contributed by atoms with Gasteiger partial charge in [0.2, 0.25) is 5.91 Å². The number of nitrogens with two attached hydrogens (primary N) is 1. The summed E-state index contributed by atoms with van der Waals surface area (Å²) in [5.74, 6) is -2.04. The number of carbonyl (C=O) groups is 1. The number of halogens is 3. The highest BCUT2D eigenvalue weighted by molar-refractivity contribution is 9.10. The summed E-state index contributed by atoms with van der Waals surface area (Å²) in [5, 5.41) is 4.36. The van der Waals surface area contributed by atoms with Gasteiger partial charge in [0.05, 0.1) is 17.8 Å².